The van der Waals surface area contributed by atoms with E-state index in [-0.39, 0.29) is 16.3 Å². The van der Waals surface area contributed by atoms with E-state index in [9.17, 15) is 13.2 Å². The van der Waals surface area contributed by atoms with Crippen molar-refractivity contribution in [1.82, 2.24) is 4.72 Å². The molecule has 0 aliphatic heterocycles. The number of nitrogens with one attached hydrogen (secondary N) is 2. The first kappa shape index (κ1) is 23.5. The van der Waals surface area contributed by atoms with Gasteiger partial charge in [-0.2, -0.15) is 4.72 Å². The summed E-state index contributed by atoms with van der Waals surface area (Å²) >= 11 is 8.25. The third kappa shape index (κ3) is 6.42. The first-order chi connectivity index (χ1) is 14.8. The largest absolute Gasteiger partial charge is 0.495 e. The molecule has 2 N–H and O–H groups in total. The maximum Gasteiger partial charge on any atom is 0.242 e. The maximum atomic E-state index is 13.0. The third-order valence-corrected chi connectivity index (χ3v) is 6.93. The maximum absolute atomic E-state index is 13.0. The van der Waals surface area contributed by atoms with Crippen LogP contribution >= 0.6 is 34.2 Å². The van der Waals surface area contributed by atoms with Crippen molar-refractivity contribution < 1.29 is 17.9 Å². The lowest BCUT2D eigenvalue weighted by atomic mass is 10.1. The molecular weight excluding hydrogens is 551 g/mol. The van der Waals surface area contributed by atoms with Crippen LogP contribution in [0.3, 0.4) is 0 Å². The van der Waals surface area contributed by atoms with Crippen LogP contribution < -0.4 is 14.8 Å². The minimum absolute atomic E-state index is 0.0570. The minimum atomic E-state index is -4.02. The van der Waals surface area contributed by atoms with Gasteiger partial charge in [-0.25, -0.2) is 8.42 Å². The number of hydrogen-bond donors (Lipinski definition) is 2. The highest BCUT2D eigenvalue weighted by molar-refractivity contribution is 14.1. The highest BCUT2D eigenvalue weighted by atomic mass is 127. The Bertz CT molecular complexity index is 1160. The molecule has 0 saturated heterocycles. The molecule has 3 rings (SSSR count). The van der Waals surface area contributed by atoms with E-state index < -0.39 is 22.0 Å². The lowest BCUT2D eigenvalue weighted by molar-refractivity contribution is -0.117. The van der Waals surface area contributed by atoms with Gasteiger partial charge in [0.2, 0.25) is 15.9 Å². The van der Waals surface area contributed by atoms with E-state index in [4.69, 9.17) is 16.3 Å². The molecule has 0 aliphatic carbocycles. The standard InChI is InChI=1S/C22H20ClIN2O4S/c1-30-21-12-11-18(14-19(21)23)31(28,29)26-20(13-15-5-3-2-4-6-15)22(27)25-17-9-7-16(24)8-10-17/h2-12,14,20,26H,13H2,1H3,(H,25,27)/t20-/m0/s1. The summed E-state index contributed by atoms with van der Waals surface area (Å²) in [6, 6.07) is 19.5. The summed E-state index contributed by atoms with van der Waals surface area (Å²) in [6.07, 6.45) is 0.181. The number of benzene rings is 3. The van der Waals surface area contributed by atoms with E-state index >= 15 is 0 Å². The first-order valence-corrected chi connectivity index (χ1v) is 12.2. The van der Waals surface area contributed by atoms with Crippen LogP contribution in [0.2, 0.25) is 5.02 Å². The van der Waals surface area contributed by atoms with E-state index in [1.54, 1.807) is 12.1 Å². The van der Waals surface area contributed by atoms with E-state index in [1.165, 1.54) is 25.3 Å². The van der Waals surface area contributed by atoms with Crippen LogP contribution in [0.4, 0.5) is 5.69 Å². The smallest absolute Gasteiger partial charge is 0.242 e. The Morgan fingerprint density at radius 2 is 1.74 bits per heavy atom. The SMILES string of the molecule is COc1ccc(S(=O)(=O)N[C@@H](Cc2ccccc2)C(=O)Nc2ccc(I)cc2)cc1Cl. The highest BCUT2D eigenvalue weighted by Crippen LogP contribution is 2.27. The van der Waals surface area contributed by atoms with Gasteiger partial charge < -0.3 is 10.1 Å². The predicted molar refractivity (Wildman–Crippen MR) is 130 cm³/mol. The van der Waals surface area contributed by atoms with Gasteiger partial charge in [-0.15, -0.1) is 0 Å². The fourth-order valence-electron chi connectivity index (χ4n) is 2.87. The molecule has 6 nitrogen and oxygen atoms in total. The van der Waals surface area contributed by atoms with Gasteiger partial charge in [-0.3, -0.25) is 4.79 Å². The van der Waals surface area contributed by atoms with Gasteiger partial charge in [-0.1, -0.05) is 41.9 Å². The number of methoxy groups -OCH3 is 1. The zero-order chi connectivity index (χ0) is 22.4. The second-order valence-corrected chi connectivity index (χ2v) is 10.0. The van der Waals surface area contributed by atoms with Gasteiger partial charge in [0.15, 0.2) is 0 Å². The van der Waals surface area contributed by atoms with Crippen LogP contribution in [0, 0.1) is 3.57 Å². The average molecular weight is 571 g/mol. The Morgan fingerprint density at radius 3 is 2.35 bits per heavy atom. The summed E-state index contributed by atoms with van der Waals surface area (Å²) in [5.74, 6) is -0.105. The van der Waals surface area contributed by atoms with E-state index in [1.807, 2.05) is 42.5 Å². The molecule has 0 heterocycles. The Balaban J connectivity index is 1.87. The molecule has 1 amide bonds. The number of carbonyl (C=O) groups excluding carboxylic acids is 1. The van der Waals surface area contributed by atoms with Crippen molar-refractivity contribution in [1.29, 1.82) is 0 Å². The lowest BCUT2D eigenvalue weighted by Gasteiger charge is -2.19. The second-order valence-electron chi connectivity index (χ2n) is 6.66. The minimum Gasteiger partial charge on any atom is -0.495 e. The van der Waals surface area contributed by atoms with Crippen molar-refractivity contribution >= 4 is 55.8 Å². The van der Waals surface area contributed by atoms with Crippen LogP contribution in [-0.4, -0.2) is 27.5 Å². The molecule has 0 saturated carbocycles. The van der Waals surface area contributed by atoms with Crippen LogP contribution in [0.25, 0.3) is 0 Å². The molecule has 0 aliphatic rings. The summed E-state index contributed by atoms with van der Waals surface area (Å²) in [7, 11) is -2.58. The Labute approximate surface area is 200 Å². The van der Waals surface area contributed by atoms with Crippen LogP contribution in [-0.2, 0) is 21.2 Å². The van der Waals surface area contributed by atoms with Crippen molar-refractivity contribution in [3.8, 4) is 5.75 Å². The molecule has 0 aromatic heterocycles. The van der Waals surface area contributed by atoms with Gasteiger partial charge in [0, 0.05) is 9.26 Å². The molecule has 31 heavy (non-hydrogen) atoms. The van der Waals surface area contributed by atoms with Crippen LogP contribution in [0.1, 0.15) is 5.56 Å². The molecule has 162 valence electrons. The number of halogens is 2. The average Bonchev–Trinajstić information content (AvgIpc) is 2.75. The third-order valence-electron chi connectivity index (χ3n) is 4.44. The molecule has 0 spiro atoms. The second kappa shape index (κ2) is 10.4. The highest BCUT2D eigenvalue weighted by Gasteiger charge is 2.27. The zero-order valence-electron chi connectivity index (χ0n) is 16.5. The van der Waals surface area contributed by atoms with E-state index in [2.05, 4.69) is 32.6 Å². The van der Waals surface area contributed by atoms with Gasteiger partial charge in [0.05, 0.1) is 17.0 Å². The Morgan fingerprint density at radius 1 is 1.06 bits per heavy atom. The summed E-state index contributed by atoms with van der Waals surface area (Å²) < 4.78 is 34.6. The molecule has 9 heteroatoms. The molecule has 0 fully saturated rings. The summed E-state index contributed by atoms with van der Waals surface area (Å²) in [4.78, 5) is 12.9. The number of rotatable bonds is 8. The zero-order valence-corrected chi connectivity index (χ0v) is 20.2. The molecule has 0 unspecified atom stereocenters. The van der Waals surface area contributed by atoms with Crippen molar-refractivity contribution in [3.05, 3.63) is 87.0 Å². The summed E-state index contributed by atoms with van der Waals surface area (Å²) in [5.41, 5.74) is 1.40. The number of anilines is 1. The van der Waals surface area contributed by atoms with E-state index in [0.29, 0.717) is 11.4 Å². The molecule has 0 radical (unpaired) electrons. The number of amides is 1. The van der Waals surface area contributed by atoms with Crippen molar-refractivity contribution in [3.63, 3.8) is 0 Å². The van der Waals surface area contributed by atoms with Crippen LogP contribution in [0.15, 0.2) is 77.7 Å². The number of hydrogen-bond acceptors (Lipinski definition) is 4. The Kier molecular flexibility index (Phi) is 7.93. The van der Waals surface area contributed by atoms with Crippen molar-refractivity contribution in [2.45, 2.75) is 17.4 Å². The topological polar surface area (TPSA) is 84.5 Å². The molecular formula is C22H20ClIN2O4S. The molecule has 3 aromatic rings. The number of carbonyl (C=O) groups is 1. The van der Waals surface area contributed by atoms with Crippen molar-refractivity contribution in [2.24, 2.45) is 0 Å². The molecule has 0 bridgehead atoms. The monoisotopic (exact) mass is 570 g/mol. The fraction of sp³-hybridized carbons (Fsp3) is 0.136. The first-order valence-electron chi connectivity index (χ1n) is 9.25. The fourth-order valence-corrected chi connectivity index (χ4v) is 4.77. The van der Waals surface area contributed by atoms with E-state index in [0.717, 1.165) is 9.13 Å². The van der Waals surface area contributed by atoms with Gasteiger partial charge in [-0.05, 0) is 77.0 Å². The quantitative estimate of drug-likeness (QED) is 0.391. The summed E-state index contributed by atoms with van der Waals surface area (Å²) in [6.45, 7) is 0. The predicted octanol–water partition coefficient (Wildman–Crippen LogP) is 4.48. The van der Waals surface area contributed by atoms with Gasteiger partial charge in [0.1, 0.15) is 11.8 Å². The van der Waals surface area contributed by atoms with Gasteiger partial charge in [0.25, 0.3) is 0 Å². The van der Waals surface area contributed by atoms with Crippen molar-refractivity contribution in [2.75, 3.05) is 12.4 Å². The van der Waals surface area contributed by atoms with Gasteiger partial charge >= 0.3 is 0 Å². The molecule has 3 aromatic carbocycles. The lowest BCUT2D eigenvalue weighted by Crippen LogP contribution is -2.45. The number of ether oxygens (including phenoxy) is 1. The normalized spacial score (nSPS) is 12.2. The molecule has 1 atom stereocenters. The number of sulfonamides is 1. The Hall–Kier alpha value is -2.14. The summed E-state index contributed by atoms with van der Waals surface area (Å²) in [5, 5.41) is 2.94. The van der Waals surface area contributed by atoms with Crippen LogP contribution in [0.5, 0.6) is 5.75 Å².